The number of nitrogens with two attached hydrogens (primary N) is 2. The van der Waals surface area contributed by atoms with Crippen LogP contribution in [0.4, 0.5) is 0 Å². The van der Waals surface area contributed by atoms with Gasteiger partial charge in [-0.1, -0.05) is 12.8 Å². The summed E-state index contributed by atoms with van der Waals surface area (Å²) in [5.74, 6) is 0.609. The van der Waals surface area contributed by atoms with Crippen LogP contribution in [0.3, 0.4) is 0 Å². The standard InChI is InChI=1S/C13H25N3O/c14-9-11(8-13(15)17)16-7-3-5-10-4-1-2-6-12(10)16/h10-12H,1-9,14H2,(H2,15,17)/t10-,11?,12-/m1/s1. The Labute approximate surface area is 104 Å². The smallest absolute Gasteiger partial charge is 0.219 e. The predicted octanol–water partition coefficient (Wildman–Crippen LogP) is 0.844. The van der Waals surface area contributed by atoms with E-state index in [1.54, 1.807) is 0 Å². The molecule has 0 aromatic carbocycles. The van der Waals surface area contributed by atoms with E-state index in [2.05, 4.69) is 4.90 Å². The van der Waals surface area contributed by atoms with Crippen molar-refractivity contribution in [1.29, 1.82) is 0 Å². The van der Waals surface area contributed by atoms with Gasteiger partial charge in [0.15, 0.2) is 0 Å². The maximum absolute atomic E-state index is 11.1. The topological polar surface area (TPSA) is 72.3 Å². The van der Waals surface area contributed by atoms with Gasteiger partial charge in [0.1, 0.15) is 0 Å². The Morgan fingerprint density at radius 2 is 1.94 bits per heavy atom. The summed E-state index contributed by atoms with van der Waals surface area (Å²) in [7, 11) is 0. The van der Waals surface area contributed by atoms with Crippen LogP contribution in [-0.4, -0.2) is 36.0 Å². The number of fused-ring (bicyclic) bond motifs is 1. The van der Waals surface area contributed by atoms with Gasteiger partial charge >= 0.3 is 0 Å². The number of likely N-dealkylation sites (tertiary alicyclic amines) is 1. The molecule has 1 aliphatic carbocycles. The van der Waals surface area contributed by atoms with Gasteiger partial charge in [0, 0.05) is 25.0 Å². The molecule has 98 valence electrons. The fraction of sp³-hybridized carbons (Fsp3) is 0.923. The Morgan fingerprint density at radius 3 is 2.65 bits per heavy atom. The van der Waals surface area contributed by atoms with Gasteiger partial charge < -0.3 is 11.5 Å². The molecule has 2 aliphatic rings. The van der Waals surface area contributed by atoms with E-state index in [1.165, 1.54) is 38.5 Å². The third-order valence-corrected chi connectivity index (χ3v) is 4.46. The van der Waals surface area contributed by atoms with Crippen LogP contribution in [0.2, 0.25) is 0 Å². The van der Waals surface area contributed by atoms with Crippen molar-refractivity contribution in [2.45, 2.75) is 57.0 Å². The minimum atomic E-state index is -0.224. The van der Waals surface area contributed by atoms with E-state index < -0.39 is 0 Å². The molecule has 0 aromatic rings. The molecule has 2 fully saturated rings. The van der Waals surface area contributed by atoms with E-state index in [0.29, 0.717) is 19.0 Å². The van der Waals surface area contributed by atoms with Crippen molar-refractivity contribution >= 4 is 5.91 Å². The zero-order valence-corrected chi connectivity index (χ0v) is 10.6. The van der Waals surface area contributed by atoms with Crippen LogP contribution in [0.5, 0.6) is 0 Å². The van der Waals surface area contributed by atoms with E-state index in [1.807, 2.05) is 0 Å². The average Bonchev–Trinajstić information content (AvgIpc) is 2.35. The van der Waals surface area contributed by atoms with Crippen LogP contribution in [-0.2, 0) is 4.79 Å². The number of nitrogens with zero attached hydrogens (tertiary/aromatic N) is 1. The first-order valence-electron chi connectivity index (χ1n) is 6.96. The molecule has 0 aromatic heterocycles. The largest absolute Gasteiger partial charge is 0.370 e. The quantitative estimate of drug-likeness (QED) is 0.763. The van der Waals surface area contributed by atoms with Crippen molar-refractivity contribution in [3.63, 3.8) is 0 Å². The van der Waals surface area contributed by atoms with Gasteiger partial charge in [-0.15, -0.1) is 0 Å². The lowest BCUT2D eigenvalue weighted by atomic mass is 9.77. The van der Waals surface area contributed by atoms with Gasteiger partial charge in [-0.05, 0) is 38.1 Å². The summed E-state index contributed by atoms with van der Waals surface area (Å²) in [6.07, 6.45) is 8.35. The Morgan fingerprint density at radius 1 is 1.24 bits per heavy atom. The molecule has 4 N–H and O–H groups in total. The number of hydrogen-bond donors (Lipinski definition) is 2. The third-order valence-electron chi connectivity index (χ3n) is 4.46. The number of carbonyl (C=O) groups is 1. The zero-order valence-electron chi connectivity index (χ0n) is 10.6. The molecule has 0 radical (unpaired) electrons. The Hall–Kier alpha value is -0.610. The minimum Gasteiger partial charge on any atom is -0.370 e. The SMILES string of the molecule is NCC(CC(N)=O)N1CCC[C@H]2CCCC[C@H]21. The first-order valence-corrected chi connectivity index (χ1v) is 6.96. The normalized spacial score (nSPS) is 31.8. The van der Waals surface area contributed by atoms with Gasteiger partial charge in [0.2, 0.25) is 5.91 Å². The number of rotatable bonds is 4. The van der Waals surface area contributed by atoms with Crippen LogP contribution in [0.15, 0.2) is 0 Å². The van der Waals surface area contributed by atoms with Gasteiger partial charge in [-0.3, -0.25) is 9.69 Å². The summed E-state index contributed by atoms with van der Waals surface area (Å²) in [5.41, 5.74) is 11.1. The highest BCUT2D eigenvalue weighted by Crippen LogP contribution is 2.36. The molecule has 4 nitrogen and oxygen atoms in total. The second kappa shape index (κ2) is 5.83. The van der Waals surface area contributed by atoms with Crippen molar-refractivity contribution in [3.05, 3.63) is 0 Å². The van der Waals surface area contributed by atoms with Crippen molar-refractivity contribution in [2.24, 2.45) is 17.4 Å². The molecule has 1 aliphatic heterocycles. The zero-order chi connectivity index (χ0) is 12.3. The Kier molecular flexibility index (Phi) is 4.40. The second-order valence-corrected chi connectivity index (χ2v) is 5.55. The van der Waals surface area contributed by atoms with Crippen molar-refractivity contribution in [1.82, 2.24) is 4.90 Å². The first kappa shape index (κ1) is 12.8. The van der Waals surface area contributed by atoms with Gasteiger partial charge in [0.05, 0.1) is 0 Å². The van der Waals surface area contributed by atoms with Crippen molar-refractivity contribution < 1.29 is 4.79 Å². The summed E-state index contributed by atoms with van der Waals surface area (Å²) < 4.78 is 0. The molecular weight excluding hydrogens is 214 g/mol. The predicted molar refractivity (Wildman–Crippen MR) is 68.3 cm³/mol. The second-order valence-electron chi connectivity index (χ2n) is 5.55. The molecule has 1 unspecified atom stereocenters. The first-order chi connectivity index (χ1) is 8.22. The molecule has 1 saturated heterocycles. The number of amides is 1. The van der Waals surface area contributed by atoms with Crippen molar-refractivity contribution in [2.75, 3.05) is 13.1 Å². The molecule has 1 saturated carbocycles. The molecule has 0 spiro atoms. The lowest BCUT2D eigenvalue weighted by molar-refractivity contribution is -0.119. The molecule has 1 heterocycles. The highest BCUT2D eigenvalue weighted by atomic mass is 16.1. The molecule has 1 amide bonds. The van der Waals surface area contributed by atoms with Gasteiger partial charge in [-0.25, -0.2) is 0 Å². The Bertz CT molecular complexity index is 267. The summed E-state index contributed by atoms with van der Waals surface area (Å²) >= 11 is 0. The minimum absolute atomic E-state index is 0.165. The summed E-state index contributed by atoms with van der Waals surface area (Å²) in [4.78, 5) is 13.6. The summed E-state index contributed by atoms with van der Waals surface area (Å²) in [5, 5.41) is 0. The Balaban J connectivity index is 2.03. The molecule has 3 atom stereocenters. The molecule has 0 bridgehead atoms. The number of hydrogen-bond acceptors (Lipinski definition) is 3. The van der Waals surface area contributed by atoms with E-state index in [4.69, 9.17) is 11.5 Å². The summed E-state index contributed by atoms with van der Waals surface area (Å²) in [6.45, 7) is 1.64. The highest BCUT2D eigenvalue weighted by Gasteiger charge is 2.36. The molecule has 4 heteroatoms. The molecule has 17 heavy (non-hydrogen) atoms. The van der Waals surface area contributed by atoms with Crippen molar-refractivity contribution in [3.8, 4) is 0 Å². The lowest BCUT2D eigenvalue weighted by Gasteiger charge is -2.47. The fourth-order valence-electron chi connectivity index (χ4n) is 3.68. The number of primary amides is 1. The number of carbonyl (C=O) groups excluding carboxylic acids is 1. The lowest BCUT2D eigenvalue weighted by Crippen LogP contribution is -2.54. The van der Waals surface area contributed by atoms with Crippen LogP contribution in [0.25, 0.3) is 0 Å². The van der Waals surface area contributed by atoms with E-state index in [0.717, 1.165) is 12.5 Å². The highest BCUT2D eigenvalue weighted by molar-refractivity contribution is 5.74. The molecule has 2 rings (SSSR count). The van der Waals surface area contributed by atoms with Gasteiger partial charge in [-0.2, -0.15) is 0 Å². The van der Waals surface area contributed by atoms with Gasteiger partial charge in [0.25, 0.3) is 0 Å². The van der Waals surface area contributed by atoms with E-state index in [9.17, 15) is 4.79 Å². The van der Waals surface area contributed by atoms with Crippen LogP contribution in [0, 0.1) is 5.92 Å². The van der Waals surface area contributed by atoms with Crippen LogP contribution >= 0.6 is 0 Å². The molecular formula is C13H25N3O. The van der Waals surface area contributed by atoms with Crippen LogP contribution in [0.1, 0.15) is 44.9 Å². The van der Waals surface area contributed by atoms with E-state index >= 15 is 0 Å². The monoisotopic (exact) mass is 239 g/mol. The summed E-state index contributed by atoms with van der Waals surface area (Å²) in [6, 6.07) is 0.823. The van der Waals surface area contributed by atoms with Crippen LogP contribution < -0.4 is 11.5 Å². The maximum atomic E-state index is 11.1. The third kappa shape index (κ3) is 2.99. The fourth-order valence-corrected chi connectivity index (χ4v) is 3.68. The maximum Gasteiger partial charge on any atom is 0.219 e. The number of piperidine rings is 1. The van der Waals surface area contributed by atoms with E-state index in [-0.39, 0.29) is 11.9 Å². The average molecular weight is 239 g/mol.